The molecule has 21 heavy (non-hydrogen) atoms. The zero-order valence-corrected chi connectivity index (χ0v) is 10.8. The van der Waals surface area contributed by atoms with Crippen molar-refractivity contribution in [2.45, 2.75) is 6.18 Å². The van der Waals surface area contributed by atoms with E-state index in [1.807, 2.05) is 0 Å². The smallest absolute Gasteiger partial charge is 0.417 e. The van der Waals surface area contributed by atoms with Crippen LogP contribution in [-0.2, 0) is 6.18 Å². The Labute approximate surface area is 120 Å². The minimum atomic E-state index is -4.45. The van der Waals surface area contributed by atoms with E-state index in [-0.39, 0.29) is 28.2 Å². The van der Waals surface area contributed by atoms with Crippen molar-refractivity contribution in [1.29, 1.82) is 0 Å². The highest BCUT2D eigenvalue weighted by molar-refractivity contribution is 6.32. The Hall–Kier alpha value is -2.35. The van der Waals surface area contributed by atoms with Gasteiger partial charge in [0.05, 0.1) is 16.8 Å². The molecule has 0 spiro atoms. The molecule has 0 aliphatic carbocycles. The van der Waals surface area contributed by atoms with Crippen LogP contribution >= 0.6 is 11.6 Å². The van der Waals surface area contributed by atoms with E-state index in [2.05, 4.69) is 15.1 Å². The number of pyridine rings is 1. The van der Waals surface area contributed by atoms with Gasteiger partial charge in [0.25, 0.3) is 5.89 Å². The molecule has 0 bridgehead atoms. The average molecular weight is 316 g/mol. The second-order valence-corrected chi connectivity index (χ2v) is 4.36. The Morgan fingerprint density at radius 3 is 2.52 bits per heavy atom. The standard InChI is InChI=1S/C12H5ClF3N3O2/c13-7-3-4-20-9(7)11-18-10(19-21-11)8-2-1-6(5-17-8)12(14,15)16/h1-5H. The van der Waals surface area contributed by atoms with Gasteiger partial charge in [0.15, 0.2) is 0 Å². The van der Waals surface area contributed by atoms with E-state index in [4.69, 9.17) is 20.5 Å². The summed E-state index contributed by atoms with van der Waals surface area (Å²) in [5.41, 5.74) is -0.718. The first-order chi connectivity index (χ1) is 9.95. The summed E-state index contributed by atoms with van der Waals surface area (Å²) in [6.07, 6.45) is -2.40. The molecule has 0 fully saturated rings. The van der Waals surface area contributed by atoms with E-state index in [0.717, 1.165) is 12.1 Å². The van der Waals surface area contributed by atoms with E-state index in [1.54, 1.807) is 0 Å². The van der Waals surface area contributed by atoms with Gasteiger partial charge in [-0.2, -0.15) is 18.2 Å². The van der Waals surface area contributed by atoms with Crippen molar-refractivity contribution in [1.82, 2.24) is 15.1 Å². The number of hydrogen-bond donors (Lipinski definition) is 0. The van der Waals surface area contributed by atoms with Crippen molar-refractivity contribution >= 4 is 11.6 Å². The lowest BCUT2D eigenvalue weighted by Gasteiger charge is -2.05. The van der Waals surface area contributed by atoms with Gasteiger partial charge in [-0.1, -0.05) is 16.8 Å². The zero-order chi connectivity index (χ0) is 15.0. The first kappa shape index (κ1) is 13.6. The predicted octanol–water partition coefficient (Wildman–Crippen LogP) is 4.06. The summed E-state index contributed by atoms with van der Waals surface area (Å²) >= 11 is 5.84. The van der Waals surface area contributed by atoms with Crippen molar-refractivity contribution in [2.24, 2.45) is 0 Å². The lowest BCUT2D eigenvalue weighted by Crippen LogP contribution is -2.05. The van der Waals surface area contributed by atoms with Crippen LogP contribution in [0.4, 0.5) is 13.2 Å². The zero-order valence-electron chi connectivity index (χ0n) is 10.1. The Morgan fingerprint density at radius 1 is 1.14 bits per heavy atom. The summed E-state index contributed by atoms with van der Waals surface area (Å²) in [7, 11) is 0. The maximum atomic E-state index is 12.4. The van der Waals surface area contributed by atoms with Crippen LogP contribution in [0.5, 0.6) is 0 Å². The number of alkyl halides is 3. The van der Waals surface area contributed by atoms with E-state index >= 15 is 0 Å². The summed E-state index contributed by atoms with van der Waals surface area (Å²) < 4.78 is 47.3. The highest BCUT2D eigenvalue weighted by Crippen LogP contribution is 2.31. The Balaban J connectivity index is 1.92. The second-order valence-electron chi connectivity index (χ2n) is 3.95. The SMILES string of the molecule is FC(F)(F)c1ccc(-c2noc(-c3occc3Cl)n2)nc1. The van der Waals surface area contributed by atoms with Gasteiger partial charge in [-0.05, 0) is 18.2 Å². The molecule has 0 N–H and O–H groups in total. The molecule has 0 saturated carbocycles. The van der Waals surface area contributed by atoms with Crippen molar-refractivity contribution < 1.29 is 22.1 Å². The number of halogens is 4. The molecule has 0 unspecified atom stereocenters. The Morgan fingerprint density at radius 2 is 1.95 bits per heavy atom. The third kappa shape index (κ3) is 2.62. The van der Waals surface area contributed by atoms with Crippen molar-refractivity contribution in [3.8, 4) is 23.2 Å². The lowest BCUT2D eigenvalue weighted by atomic mass is 10.2. The molecule has 0 aromatic carbocycles. The second kappa shape index (κ2) is 4.88. The summed E-state index contributed by atoms with van der Waals surface area (Å²) in [4.78, 5) is 7.64. The first-order valence-electron chi connectivity index (χ1n) is 5.56. The quantitative estimate of drug-likeness (QED) is 0.713. The molecular weight excluding hydrogens is 311 g/mol. The fourth-order valence-electron chi connectivity index (χ4n) is 1.56. The average Bonchev–Trinajstić information content (AvgIpc) is 3.06. The molecule has 3 aromatic rings. The Bertz CT molecular complexity index is 765. The van der Waals surface area contributed by atoms with Crippen LogP contribution in [0.1, 0.15) is 5.56 Å². The van der Waals surface area contributed by atoms with Gasteiger partial charge < -0.3 is 8.94 Å². The van der Waals surface area contributed by atoms with Crippen LogP contribution in [0.2, 0.25) is 5.02 Å². The fraction of sp³-hybridized carbons (Fsp3) is 0.0833. The van der Waals surface area contributed by atoms with Gasteiger partial charge in [0, 0.05) is 6.20 Å². The predicted molar refractivity (Wildman–Crippen MR) is 65.2 cm³/mol. The van der Waals surface area contributed by atoms with Crippen molar-refractivity contribution in [2.75, 3.05) is 0 Å². The molecule has 3 rings (SSSR count). The maximum Gasteiger partial charge on any atom is 0.417 e. The molecule has 108 valence electrons. The van der Waals surface area contributed by atoms with Gasteiger partial charge >= 0.3 is 6.18 Å². The normalized spacial score (nSPS) is 11.8. The fourth-order valence-corrected chi connectivity index (χ4v) is 1.74. The molecule has 0 saturated heterocycles. The largest absolute Gasteiger partial charge is 0.458 e. The number of rotatable bonds is 2. The first-order valence-corrected chi connectivity index (χ1v) is 5.93. The third-order valence-electron chi connectivity index (χ3n) is 2.56. The van der Waals surface area contributed by atoms with Crippen molar-refractivity contribution in [3.05, 3.63) is 41.2 Å². The van der Waals surface area contributed by atoms with Crippen LogP contribution in [0.15, 0.2) is 39.6 Å². The van der Waals surface area contributed by atoms with Crippen LogP contribution in [0.25, 0.3) is 23.2 Å². The van der Waals surface area contributed by atoms with Crippen LogP contribution in [-0.4, -0.2) is 15.1 Å². The summed E-state index contributed by atoms with van der Waals surface area (Å²) in [5.74, 6) is 0.232. The number of furan rings is 1. The minimum absolute atomic E-state index is 0.0155. The third-order valence-corrected chi connectivity index (χ3v) is 2.85. The van der Waals surface area contributed by atoms with E-state index in [0.29, 0.717) is 6.20 Å². The van der Waals surface area contributed by atoms with E-state index in [1.165, 1.54) is 12.3 Å². The van der Waals surface area contributed by atoms with E-state index in [9.17, 15) is 13.2 Å². The lowest BCUT2D eigenvalue weighted by molar-refractivity contribution is -0.137. The molecule has 9 heteroatoms. The minimum Gasteiger partial charge on any atom is -0.458 e. The molecule has 0 radical (unpaired) electrons. The molecule has 0 aliphatic rings. The monoisotopic (exact) mass is 315 g/mol. The van der Waals surface area contributed by atoms with Gasteiger partial charge in [-0.15, -0.1) is 0 Å². The van der Waals surface area contributed by atoms with Crippen LogP contribution < -0.4 is 0 Å². The summed E-state index contributed by atoms with van der Waals surface area (Å²) in [6.45, 7) is 0. The number of hydrogen-bond acceptors (Lipinski definition) is 5. The summed E-state index contributed by atoms with van der Waals surface area (Å²) in [6, 6.07) is 3.54. The summed E-state index contributed by atoms with van der Waals surface area (Å²) in [5, 5.41) is 3.91. The number of aromatic nitrogens is 3. The topological polar surface area (TPSA) is 65.0 Å². The maximum absolute atomic E-state index is 12.4. The van der Waals surface area contributed by atoms with Crippen LogP contribution in [0.3, 0.4) is 0 Å². The molecule has 0 amide bonds. The molecule has 0 aliphatic heterocycles. The molecule has 3 heterocycles. The van der Waals surface area contributed by atoms with E-state index < -0.39 is 11.7 Å². The van der Waals surface area contributed by atoms with Gasteiger partial charge in [-0.25, -0.2) is 0 Å². The van der Waals surface area contributed by atoms with Gasteiger partial charge in [0.2, 0.25) is 11.6 Å². The molecular formula is C12H5ClF3N3O2. The molecule has 3 aromatic heterocycles. The van der Waals surface area contributed by atoms with Gasteiger partial charge in [0.1, 0.15) is 5.69 Å². The highest BCUT2D eigenvalue weighted by atomic mass is 35.5. The number of nitrogens with zero attached hydrogens (tertiary/aromatic N) is 3. The molecule has 5 nitrogen and oxygen atoms in total. The van der Waals surface area contributed by atoms with Gasteiger partial charge in [-0.3, -0.25) is 4.98 Å². The molecule has 0 atom stereocenters. The van der Waals surface area contributed by atoms with Crippen molar-refractivity contribution in [3.63, 3.8) is 0 Å². The highest BCUT2D eigenvalue weighted by Gasteiger charge is 2.31. The van der Waals surface area contributed by atoms with Crippen LogP contribution in [0, 0.1) is 0 Å². The Kier molecular flexibility index (Phi) is 3.17.